The van der Waals surface area contributed by atoms with Gasteiger partial charge in [-0.15, -0.1) is 11.3 Å². The summed E-state index contributed by atoms with van der Waals surface area (Å²) < 4.78 is 11.5. The number of hydrogen-bond acceptors (Lipinski definition) is 5. The van der Waals surface area contributed by atoms with Crippen molar-refractivity contribution in [2.24, 2.45) is 0 Å². The fourth-order valence-electron chi connectivity index (χ4n) is 2.72. The Labute approximate surface area is 155 Å². The highest BCUT2D eigenvalue weighted by atomic mass is 32.1. The van der Waals surface area contributed by atoms with Crippen LogP contribution in [0.15, 0.2) is 60.0 Å². The van der Waals surface area contributed by atoms with Gasteiger partial charge in [0.25, 0.3) is 0 Å². The van der Waals surface area contributed by atoms with Crippen LogP contribution >= 0.6 is 11.3 Å². The number of rotatable bonds is 5. The lowest BCUT2D eigenvalue weighted by Crippen LogP contribution is -2.41. The molecule has 1 aromatic heterocycles. The second-order valence-corrected chi connectivity index (χ2v) is 6.85. The molecule has 0 radical (unpaired) electrons. The molecule has 1 aliphatic heterocycles. The van der Waals surface area contributed by atoms with E-state index in [1.165, 1.54) is 0 Å². The fraction of sp³-hybridized carbons (Fsp3) is 0.200. The molecule has 0 saturated heterocycles. The van der Waals surface area contributed by atoms with Gasteiger partial charge in [-0.2, -0.15) is 0 Å². The number of para-hydroxylation sites is 2. The van der Waals surface area contributed by atoms with Gasteiger partial charge in [-0.1, -0.05) is 42.5 Å². The van der Waals surface area contributed by atoms with E-state index in [1.54, 1.807) is 11.3 Å². The summed E-state index contributed by atoms with van der Waals surface area (Å²) in [6.07, 6.45) is 0.0668. The fourth-order valence-corrected chi connectivity index (χ4v) is 3.55. The van der Waals surface area contributed by atoms with Gasteiger partial charge in [0.1, 0.15) is 17.7 Å². The number of hydrogen-bond donors (Lipinski definition) is 1. The second kappa shape index (κ2) is 7.58. The zero-order chi connectivity index (χ0) is 17.8. The van der Waals surface area contributed by atoms with E-state index in [0.29, 0.717) is 18.9 Å². The highest BCUT2D eigenvalue weighted by molar-refractivity contribution is 7.13. The first kappa shape index (κ1) is 16.6. The molecule has 0 fully saturated rings. The molecule has 1 N–H and O–H groups in total. The molecule has 2 aromatic carbocycles. The Morgan fingerprint density at radius 3 is 2.73 bits per heavy atom. The summed E-state index contributed by atoms with van der Waals surface area (Å²) in [5, 5.41) is 5.76. The number of ether oxygens (including phenoxy) is 2. The van der Waals surface area contributed by atoms with E-state index in [1.807, 2.05) is 60.0 Å². The van der Waals surface area contributed by atoms with Gasteiger partial charge in [-0.25, -0.2) is 4.98 Å². The van der Waals surface area contributed by atoms with Crippen molar-refractivity contribution in [3.05, 3.63) is 65.7 Å². The Morgan fingerprint density at radius 1 is 1.12 bits per heavy atom. The van der Waals surface area contributed by atoms with E-state index in [9.17, 15) is 4.79 Å². The molecule has 1 atom stereocenters. The molecule has 0 aliphatic carbocycles. The van der Waals surface area contributed by atoms with E-state index in [4.69, 9.17) is 9.47 Å². The Kier molecular flexibility index (Phi) is 4.84. The van der Waals surface area contributed by atoms with Gasteiger partial charge in [0.15, 0.2) is 11.5 Å². The number of carbonyl (C=O) groups excluding carboxylic acids is 1. The summed E-state index contributed by atoms with van der Waals surface area (Å²) in [5.74, 6) is 1.38. The topological polar surface area (TPSA) is 60.5 Å². The average molecular weight is 366 g/mol. The molecule has 0 saturated carbocycles. The summed E-state index contributed by atoms with van der Waals surface area (Å²) >= 11 is 1.55. The number of benzene rings is 2. The zero-order valence-electron chi connectivity index (χ0n) is 14.1. The molecule has 6 heteroatoms. The van der Waals surface area contributed by atoms with Gasteiger partial charge in [0.05, 0.1) is 18.7 Å². The Balaban J connectivity index is 1.29. The highest BCUT2D eigenvalue weighted by Gasteiger charge is 2.21. The predicted molar refractivity (Wildman–Crippen MR) is 101 cm³/mol. The van der Waals surface area contributed by atoms with E-state index in [-0.39, 0.29) is 18.4 Å². The predicted octanol–water partition coefficient (Wildman–Crippen LogP) is 3.31. The van der Waals surface area contributed by atoms with Crippen LogP contribution in [0.4, 0.5) is 0 Å². The molecule has 1 amide bonds. The standard InChI is InChI=1S/C20H18N2O3S/c23-19(10-15-13-26-20(22-15)14-6-2-1-3-7-14)21-11-16-12-24-17-8-4-5-9-18(17)25-16/h1-9,13,16H,10-12H2,(H,21,23)/t16-/m1/s1. The van der Waals surface area contributed by atoms with Crippen LogP contribution in [0.1, 0.15) is 5.69 Å². The molecule has 2 heterocycles. The molecular formula is C20H18N2O3S. The Bertz CT molecular complexity index is 895. The van der Waals surface area contributed by atoms with Crippen molar-refractivity contribution >= 4 is 17.2 Å². The van der Waals surface area contributed by atoms with E-state index >= 15 is 0 Å². The smallest absolute Gasteiger partial charge is 0.226 e. The van der Waals surface area contributed by atoms with Crippen LogP contribution in [-0.2, 0) is 11.2 Å². The lowest BCUT2D eigenvalue weighted by Gasteiger charge is -2.26. The van der Waals surface area contributed by atoms with Crippen molar-refractivity contribution in [3.63, 3.8) is 0 Å². The van der Waals surface area contributed by atoms with Crippen molar-refractivity contribution in [1.82, 2.24) is 10.3 Å². The Morgan fingerprint density at radius 2 is 1.88 bits per heavy atom. The monoisotopic (exact) mass is 366 g/mol. The van der Waals surface area contributed by atoms with Crippen LogP contribution in [0.2, 0.25) is 0 Å². The average Bonchev–Trinajstić information content (AvgIpc) is 3.15. The van der Waals surface area contributed by atoms with Crippen molar-refractivity contribution in [2.75, 3.05) is 13.2 Å². The van der Waals surface area contributed by atoms with Gasteiger partial charge in [0.2, 0.25) is 5.91 Å². The number of carbonyl (C=O) groups is 1. The first-order chi connectivity index (χ1) is 12.8. The lowest BCUT2D eigenvalue weighted by atomic mass is 10.2. The summed E-state index contributed by atoms with van der Waals surface area (Å²) in [7, 11) is 0. The van der Waals surface area contributed by atoms with Gasteiger partial charge >= 0.3 is 0 Å². The van der Waals surface area contributed by atoms with Gasteiger partial charge in [0, 0.05) is 10.9 Å². The quantitative estimate of drug-likeness (QED) is 0.753. The molecule has 0 spiro atoms. The van der Waals surface area contributed by atoms with Gasteiger partial charge in [-0.3, -0.25) is 4.79 Å². The van der Waals surface area contributed by atoms with Crippen LogP contribution in [-0.4, -0.2) is 30.1 Å². The molecule has 132 valence electrons. The summed E-state index contributed by atoms with van der Waals surface area (Å²) in [5.41, 5.74) is 1.84. The van der Waals surface area contributed by atoms with Crippen LogP contribution in [0.3, 0.4) is 0 Å². The third-order valence-corrected chi connectivity index (χ3v) is 4.95. The van der Waals surface area contributed by atoms with Gasteiger partial charge < -0.3 is 14.8 Å². The van der Waals surface area contributed by atoms with Crippen LogP contribution in [0.25, 0.3) is 10.6 Å². The minimum Gasteiger partial charge on any atom is -0.486 e. The Hall–Kier alpha value is -2.86. The van der Waals surface area contributed by atoms with E-state index < -0.39 is 0 Å². The second-order valence-electron chi connectivity index (χ2n) is 5.99. The van der Waals surface area contributed by atoms with Crippen LogP contribution in [0.5, 0.6) is 11.5 Å². The van der Waals surface area contributed by atoms with Crippen molar-refractivity contribution in [2.45, 2.75) is 12.5 Å². The first-order valence-electron chi connectivity index (χ1n) is 8.43. The van der Waals surface area contributed by atoms with Crippen molar-refractivity contribution < 1.29 is 14.3 Å². The normalized spacial score (nSPS) is 15.5. The maximum absolute atomic E-state index is 12.2. The van der Waals surface area contributed by atoms with E-state index in [0.717, 1.165) is 22.0 Å². The molecule has 3 aromatic rings. The number of thiazole rings is 1. The third kappa shape index (κ3) is 3.86. The molecule has 4 rings (SSSR count). The maximum Gasteiger partial charge on any atom is 0.226 e. The molecule has 0 bridgehead atoms. The number of fused-ring (bicyclic) bond motifs is 1. The third-order valence-electron chi connectivity index (χ3n) is 4.01. The number of nitrogens with one attached hydrogen (secondary N) is 1. The molecule has 26 heavy (non-hydrogen) atoms. The minimum atomic E-state index is -0.191. The summed E-state index contributed by atoms with van der Waals surface area (Å²) in [4.78, 5) is 16.8. The molecule has 1 aliphatic rings. The number of amides is 1. The largest absolute Gasteiger partial charge is 0.486 e. The maximum atomic E-state index is 12.2. The highest BCUT2D eigenvalue weighted by Crippen LogP contribution is 2.30. The van der Waals surface area contributed by atoms with Gasteiger partial charge in [-0.05, 0) is 12.1 Å². The van der Waals surface area contributed by atoms with Crippen LogP contribution in [0, 0.1) is 0 Å². The van der Waals surface area contributed by atoms with Crippen molar-refractivity contribution in [3.8, 4) is 22.1 Å². The zero-order valence-corrected chi connectivity index (χ0v) is 14.9. The lowest BCUT2D eigenvalue weighted by molar-refractivity contribution is -0.121. The van der Waals surface area contributed by atoms with Crippen molar-refractivity contribution in [1.29, 1.82) is 0 Å². The van der Waals surface area contributed by atoms with E-state index in [2.05, 4.69) is 10.3 Å². The molecule has 0 unspecified atom stereocenters. The summed E-state index contributed by atoms with van der Waals surface area (Å²) in [6.45, 7) is 0.828. The first-order valence-corrected chi connectivity index (χ1v) is 9.31. The number of nitrogens with zero attached hydrogens (tertiary/aromatic N) is 1. The SMILES string of the molecule is O=C(Cc1csc(-c2ccccc2)n1)NC[C@@H]1COc2ccccc2O1. The molecule has 5 nitrogen and oxygen atoms in total. The molecular weight excluding hydrogens is 348 g/mol. The minimum absolute atomic E-state index is 0.0719. The summed E-state index contributed by atoms with van der Waals surface area (Å²) in [6, 6.07) is 17.5. The number of aromatic nitrogens is 1. The van der Waals surface area contributed by atoms with Crippen LogP contribution < -0.4 is 14.8 Å².